The Hall–Kier alpha value is -3.26. The highest BCUT2D eigenvalue weighted by molar-refractivity contribution is 5.95. The predicted molar refractivity (Wildman–Crippen MR) is 103 cm³/mol. The van der Waals surface area contributed by atoms with Crippen molar-refractivity contribution in [3.05, 3.63) is 69.6 Å². The largest absolute Gasteiger partial charge is 0.427 e. The molecular formula is C21H21N3O5. The summed E-state index contributed by atoms with van der Waals surface area (Å²) in [4.78, 5) is 29.0. The van der Waals surface area contributed by atoms with Crippen molar-refractivity contribution in [1.82, 2.24) is 15.5 Å². The first kappa shape index (κ1) is 19.1. The Morgan fingerprint density at radius 3 is 2.62 bits per heavy atom. The van der Waals surface area contributed by atoms with Gasteiger partial charge in [-0.25, -0.2) is 4.79 Å². The molecule has 29 heavy (non-hydrogen) atoms. The van der Waals surface area contributed by atoms with Gasteiger partial charge in [-0.3, -0.25) is 4.79 Å². The van der Waals surface area contributed by atoms with E-state index in [1.54, 1.807) is 13.0 Å². The van der Waals surface area contributed by atoms with Gasteiger partial charge in [-0.15, -0.1) is 0 Å². The average Bonchev–Trinajstić information content (AvgIpc) is 3.28. The molecule has 1 N–H and O–H groups in total. The molecule has 8 heteroatoms. The molecule has 0 unspecified atom stereocenters. The molecule has 1 aliphatic heterocycles. The Kier molecular flexibility index (Phi) is 5.53. The van der Waals surface area contributed by atoms with E-state index in [0.29, 0.717) is 30.4 Å². The van der Waals surface area contributed by atoms with E-state index in [1.807, 2.05) is 24.3 Å². The zero-order valence-corrected chi connectivity index (χ0v) is 16.0. The third-order valence-electron chi connectivity index (χ3n) is 5.05. The van der Waals surface area contributed by atoms with Gasteiger partial charge in [0.25, 0.3) is 5.91 Å². The standard InChI is InChI=1S/C21H21N3O5/c1-13-10-17(15-6-8-27-9-7-15)29-21(26)18(13)20(25)22-11-14-2-4-16(5-3-14)19-23-12-28-24-19/h2-5,10,12,15H,6-9,11H2,1H3,(H,22,25). The number of benzene rings is 1. The molecule has 150 valence electrons. The van der Waals surface area contributed by atoms with Crippen LogP contribution in [0.15, 0.2) is 50.5 Å². The van der Waals surface area contributed by atoms with Gasteiger partial charge in [-0.1, -0.05) is 29.4 Å². The number of carbonyl (C=O) groups is 1. The van der Waals surface area contributed by atoms with Gasteiger partial charge in [0.2, 0.25) is 12.2 Å². The maximum atomic E-state index is 12.6. The molecule has 0 radical (unpaired) electrons. The molecule has 8 nitrogen and oxygen atoms in total. The Labute approximate surface area is 166 Å². The van der Waals surface area contributed by atoms with Gasteiger partial charge in [-0.05, 0) is 37.0 Å². The maximum Gasteiger partial charge on any atom is 0.349 e. The molecular weight excluding hydrogens is 374 g/mol. The lowest BCUT2D eigenvalue weighted by Crippen LogP contribution is -2.29. The number of aromatic nitrogens is 2. The number of nitrogens with zero attached hydrogens (tertiary/aromatic N) is 2. The first-order valence-electron chi connectivity index (χ1n) is 9.48. The Bertz CT molecular complexity index is 1040. The first-order valence-corrected chi connectivity index (χ1v) is 9.48. The lowest BCUT2D eigenvalue weighted by Gasteiger charge is -2.21. The minimum absolute atomic E-state index is 0.0456. The van der Waals surface area contributed by atoms with Crippen molar-refractivity contribution in [3.63, 3.8) is 0 Å². The van der Waals surface area contributed by atoms with Crippen LogP contribution in [-0.2, 0) is 11.3 Å². The molecule has 0 bridgehead atoms. The zero-order chi connectivity index (χ0) is 20.2. The molecule has 3 heterocycles. The van der Waals surface area contributed by atoms with Crippen LogP contribution in [-0.4, -0.2) is 29.3 Å². The van der Waals surface area contributed by atoms with Crippen LogP contribution in [0.1, 0.15) is 46.0 Å². The van der Waals surface area contributed by atoms with Crippen molar-refractivity contribution in [2.75, 3.05) is 13.2 Å². The minimum atomic E-state index is -0.601. The summed E-state index contributed by atoms with van der Waals surface area (Å²) in [6.07, 6.45) is 2.90. The molecule has 0 spiro atoms. The van der Waals surface area contributed by atoms with E-state index in [0.717, 1.165) is 24.0 Å². The zero-order valence-electron chi connectivity index (χ0n) is 16.0. The molecule has 1 saturated heterocycles. The summed E-state index contributed by atoms with van der Waals surface area (Å²) in [7, 11) is 0. The van der Waals surface area contributed by atoms with Crippen molar-refractivity contribution < 1.29 is 18.5 Å². The van der Waals surface area contributed by atoms with Crippen molar-refractivity contribution >= 4 is 5.91 Å². The highest BCUT2D eigenvalue weighted by atomic mass is 16.5. The van der Waals surface area contributed by atoms with E-state index in [4.69, 9.17) is 13.7 Å². The second kappa shape index (κ2) is 8.40. The topological polar surface area (TPSA) is 107 Å². The van der Waals surface area contributed by atoms with Crippen LogP contribution < -0.4 is 10.9 Å². The molecule has 1 fully saturated rings. The van der Waals surface area contributed by atoms with Crippen LogP contribution >= 0.6 is 0 Å². The predicted octanol–water partition coefficient (Wildman–Crippen LogP) is 2.82. The summed E-state index contributed by atoms with van der Waals surface area (Å²) >= 11 is 0. The van der Waals surface area contributed by atoms with Crippen LogP contribution in [0.4, 0.5) is 0 Å². The van der Waals surface area contributed by atoms with Crippen molar-refractivity contribution in [2.24, 2.45) is 0 Å². The van der Waals surface area contributed by atoms with Gasteiger partial charge in [-0.2, -0.15) is 4.98 Å². The number of hydrogen-bond donors (Lipinski definition) is 1. The van der Waals surface area contributed by atoms with E-state index in [2.05, 4.69) is 15.5 Å². The van der Waals surface area contributed by atoms with Gasteiger partial charge in [0.05, 0.1) is 0 Å². The van der Waals surface area contributed by atoms with Crippen molar-refractivity contribution in [1.29, 1.82) is 0 Å². The first-order chi connectivity index (χ1) is 14.1. The smallest absolute Gasteiger partial charge is 0.349 e. The Morgan fingerprint density at radius 1 is 1.21 bits per heavy atom. The van der Waals surface area contributed by atoms with Crippen molar-refractivity contribution in [2.45, 2.75) is 32.2 Å². The lowest BCUT2D eigenvalue weighted by molar-refractivity contribution is 0.0795. The minimum Gasteiger partial charge on any atom is -0.427 e. The molecule has 0 aliphatic carbocycles. The number of rotatable bonds is 5. The van der Waals surface area contributed by atoms with Gasteiger partial charge in [0.15, 0.2) is 0 Å². The second-order valence-corrected chi connectivity index (χ2v) is 7.02. The Morgan fingerprint density at radius 2 is 1.97 bits per heavy atom. The third kappa shape index (κ3) is 4.27. The number of nitrogens with one attached hydrogen (secondary N) is 1. The third-order valence-corrected chi connectivity index (χ3v) is 5.05. The monoisotopic (exact) mass is 395 g/mol. The highest BCUT2D eigenvalue weighted by Crippen LogP contribution is 2.27. The van der Waals surface area contributed by atoms with Crippen LogP contribution in [0.5, 0.6) is 0 Å². The van der Waals surface area contributed by atoms with Gasteiger partial charge < -0.3 is 19.0 Å². The summed E-state index contributed by atoms with van der Waals surface area (Å²) in [5.41, 5.74) is 1.76. The number of ether oxygens (including phenoxy) is 1. The fourth-order valence-electron chi connectivity index (χ4n) is 3.43. The average molecular weight is 395 g/mol. The fraction of sp³-hybridized carbons (Fsp3) is 0.333. The molecule has 0 saturated carbocycles. The molecule has 1 amide bonds. The van der Waals surface area contributed by atoms with Crippen LogP contribution in [0.3, 0.4) is 0 Å². The summed E-state index contributed by atoms with van der Waals surface area (Å²) < 4.78 is 15.5. The molecule has 2 aromatic heterocycles. The molecule has 0 atom stereocenters. The number of amides is 1. The molecule has 3 aromatic rings. The normalized spacial score (nSPS) is 14.7. The molecule has 1 aromatic carbocycles. The van der Waals surface area contributed by atoms with E-state index >= 15 is 0 Å². The maximum absolute atomic E-state index is 12.6. The summed E-state index contributed by atoms with van der Waals surface area (Å²) in [5, 5.41) is 6.56. The van der Waals surface area contributed by atoms with Crippen molar-refractivity contribution in [3.8, 4) is 11.4 Å². The van der Waals surface area contributed by atoms with E-state index < -0.39 is 11.5 Å². The van der Waals surface area contributed by atoms with Crippen LogP contribution in [0, 0.1) is 6.92 Å². The SMILES string of the molecule is Cc1cc(C2CCOCC2)oc(=O)c1C(=O)NCc1ccc(-c2ncon2)cc1. The number of aryl methyl sites for hydroxylation is 1. The lowest BCUT2D eigenvalue weighted by atomic mass is 9.95. The molecule has 1 aliphatic rings. The second-order valence-electron chi connectivity index (χ2n) is 7.02. The quantitative estimate of drug-likeness (QED) is 0.708. The van der Waals surface area contributed by atoms with Gasteiger partial charge >= 0.3 is 5.63 Å². The summed E-state index contributed by atoms with van der Waals surface area (Å²) in [6, 6.07) is 9.19. The van der Waals surface area contributed by atoms with Crippen LogP contribution in [0.25, 0.3) is 11.4 Å². The van der Waals surface area contributed by atoms with E-state index in [1.165, 1.54) is 6.39 Å². The fourth-order valence-corrected chi connectivity index (χ4v) is 3.43. The molecule has 4 rings (SSSR count). The Balaban J connectivity index is 1.43. The van der Waals surface area contributed by atoms with Gasteiger partial charge in [0.1, 0.15) is 11.3 Å². The summed E-state index contributed by atoms with van der Waals surface area (Å²) in [5.74, 6) is 0.838. The van der Waals surface area contributed by atoms with Gasteiger partial charge in [0, 0.05) is 31.2 Å². The van der Waals surface area contributed by atoms with E-state index in [-0.39, 0.29) is 18.0 Å². The summed E-state index contributed by atoms with van der Waals surface area (Å²) in [6.45, 7) is 3.35. The number of carbonyl (C=O) groups excluding carboxylic acids is 1. The highest BCUT2D eigenvalue weighted by Gasteiger charge is 2.22. The number of hydrogen-bond acceptors (Lipinski definition) is 7. The van der Waals surface area contributed by atoms with Crippen LogP contribution in [0.2, 0.25) is 0 Å². The van der Waals surface area contributed by atoms with E-state index in [9.17, 15) is 9.59 Å².